The number of nitrogens with two attached hydrogens (primary N) is 1. The number of hydrogen-bond donors (Lipinski definition) is 1. The molecule has 0 aliphatic heterocycles. The summed E-state index contributed by atoms with van der Waals surface area (Å²) in [5.74, 6) is 0. The highest BCUT2D eigenvalue weighted by atomic mass is 14.5. The Morgan fingerprint density at radius 3 is 2.50 bits per heavy atom. The monoisotopic (exact) mass is 167 g/mol. The van der Waals surface area contributed by atoms with Gasteiger partial charge in [0.15, 0.2) is 0 Å². The third-order valence-corrected chi connectivity index (χ3v) is 2.01. The molecular weight excluding hydrogens is 146 g/mol. The lowest BCUT2D eigenvalue weighted by atomic mass is 9.96. The Morgan fingerprint density at radius 1 is 1.42 bits per heavy atom. The first-order valence-corrected chi connectivity index (χ1v) is 4.96. The third kappa shape index (κ3) is 3.22. The molecule has 0 unspecified atom stereocenters. The van der Waals surface area contributed by atoms with Crippen molar-refractivity contribution in [2.75, 3.05) is 6.54 Å². The molecule has 0 atom stereocenters. The molecule has 0 aromatic rings. The zero-order valence-electron chi connectivity index (χ0n) is 8.56. The second kappa shape index (κ2) is 7.11. The minimum atomic E-state index is 0.744. The van der Waals surface area contributed by atoms with Gasteiger partial charge >= 0.3 is 0 Å². The maximum Gasteiger partial charge on any atom is 0.0142 e. The van der Waals surface area contributed by atoms with E-state index in [2.05, 4.69) is 19.1 Å². The van der Waals surface area contributed by atoms with Crippen molar-refractivity contribution in [2.45, 2.75) is 40.0 Å². The standard InChI is InChI=1S/C9H15N.C2H6/c1-2-8-5-3-4-6-9(8)7-10;1-2/h3,5H,2,4,6-7,10H2,1H3;1-2H3. The van der Waals surface area contributed by atoms with Gasteiger partial charge in [0.1, 0.15) is 0 Å². The maximum atomic E-state index is 5.58. The van der Waals surface area contributed by atoms with E-state index in [0.29, 0.717) is 0 Å². The van der Waals surface area contributed by atoms with Crippen LogP contribution in [0.2, 0.25) is 0 Å². The van der Waals surface area contributed by atoms with Gasteiger partial charge in [0, 0.05) is 6.54 Å². The molecule has 0 bridgehead atoms. The fraction of sp³-hybridized carbons (Fsp3) is 0.636. The summed E-state index contributed by atoms with van der Waals surface area (Å²) in [5, 5.41) is 0. The molecule has 1 heteroatoms. The highest BCUT2D eigenvalue weighted by Gasteiger charge is 2.03. The van der Waals surface area contributed by atoms with E-state index in [1.165, 1.54) is 24.0 Å². The highest BCUT2D eigenvalue weighted by Crippen LogP contribution is 2.19. The van der Waals surface area contributed by atoms with E-state index < -0.39 is 0 Å². The Hall–Kier alpha value is -0.560. The zero-order valence-corrected chi connectivity index (χ0v) is 8.56. The van der Waals surface area contributed by atoms with Crippen molar-refractivity contribution in [2.24, 2.45) is 5.73 Å². The molecule has 2 N–H and O–H groups in total. The molecule has 0 saturated heterocycles. The Bertz CT molecular complexity index is 166. The number of hydrogen-bond acceptors (Lipinski definition) is 1. The lowest BCUT2D eigenvalue weighted by Gasteiger charge is -2.12. The summed E-state index contributed by atoms with van der Waals surface area (Å²) in [6, 6.07) is 0. The number of allylic oxidation sites excluding steroid dienone is 3. The van der Waals surface area contributed by atoms with Crippen molar-refractivity contribution >= 4 is 0 Å². The van der Waals surface area contributed by atoms with Crippen LogP contribution in [-0.2, 0) is 0 Å². The van der Waals surface area contributed by atoms with Gasteiger partial charge in [-0.1, -0.05) is 38.5 Å². The van der Waals surface area contributed by atoms with Gasteiger partial charge in [-0.3, -0.25) is 0 Å². The Morgan fingerprint density at radius 2 is 2.08 bits per heavy atom. The van der Waals surface area contributed by atoms with Crippen LogP contribution in [0, 0.1) is 0 Å². The normalized spacial score (nSPS) is 15.7. The second-order valence-corrected chi connectivity index (χ2v) is 2.63. The van der Waals surface area contributed by atoms with Gasteiger partial charge in [-0.25, -0.2) is 0 Å². The van der Waals surface area contributed by atoms with Gasteiger partial charge in [0.2, 0.25) is 0 Å². The molecule has 1 aliphatic rings. The first kappa shape index (κ1) is 11.4. The van der Waals surface area contributed by atoms with Gasteiger partial charge in [-0.05, 0) is 24.8 Å². The first-order valence-electron chi connectivity index (χ1n) is 4.96. The van der Waals surface area contributed by atoms with E-state index in [-0.39, 0.29) is 0 Å². The molecule has 12 heavy (non-hydrogen) atoms. The van der Waals surface area contributed by atoms with Crippen LogP contribution in [-0.4, -0.2) is 6.54 Å². The SMILES string of the molecule is CC.CCC1=C(CN)CCC=C1. The molecule has 0 fully saturated rings. The Kier molecular flexibility index (Phi) is 6.78. The van der Waals surface area contributed by atoms with Gasteiger partial charge in [-0.2, -0.15) is 0 Å². The first-order chi connectivity index (χ1) is 5.88. The van der Waals surface area contributed by atoms with Crippen LogP contribution >= 0.6 is 0 Å². The summed E-state index contributed by atoms with van der Waals surface area (Å²) in [7, 11) is 0. The third-order valence-electron chi connectivity index (χ3n) is 2.01. The van der Waals surface area contributed by atoms with Crippen LogP contribution in [0.3, 0.4) is 0 Å². The summed E-state index contributed by atoms with van der Waals surface area (Å²) >= 11 is 0. The van der Waals surface area contributed by atoms with E-state index in [1.54, 1.807) is 0 Å². The van der Waals surface area contributed by atoms with Crippen LogP contribution in [0.4, 0.5) is 0 Å². The molecule has 0 heterocycles. The molecule has 0 aromatic heterocycles. The Balaban J connectivity index is 0.000000561. The van der Waals surface area contributed by atoms with Crippen molar-refractivity contribution in [3.05, 3.63) is 23.3 Å². The summed E-state index contributed by atoms with van der Waals surface area (Å²) < 4.78 is 0. The predicted octanol–water partition coefficient (Wildman–Crippen LogP) is 3.03. The lowest BCUT2D eigenvalue weighted by molar-refractivity contribution is 0.874. The molecule has 0 spiro atoms. The van der Waals surface area contributed by atoms with E-state index in [0.717, 1.165) is 13.0 Å². The quantitative estimate of drug-likeness (QED) is 0.672. The average molecular weight is 167 g/mol. The average Bonchev–Trinajstić information content (AvgIpc) is 2.20. The smallest absolute Gasteiger partial charge is 0.0142 e. The molecular formula is C11H21N. The maximum absolute atomic E-state index is 5.58. The molecule has 1 rings (SSSR count). The van der Waals surface area contributed by atoms with E-state index in [1.807, 2.05) is 13.8 Å². The molecule has 0 aromatic carbocycles. The summed E-state index contributed by atoms with van der Waals surface area (Å²) in [6.07, 6.45) is 7.93. The zero-order chi connectivity index (χ0) is 9.40. The van der Waals surface area contributed by atoms with E-state index in [9.17, 15) is 0 Å². The molecule has 0 amide bonds. The molecule has 0 saturated carbocycles. The van der Waals surface area contributed by atoms with Crippen molar-refractivity contribution < 1.29 is 0 Å². The van der Waals surface area contributed by atoms with Crippen molar-refractivity contribution in [1.82, 2.24) is 0 Å². The highest BCUT2D eigenvalue weighted by molar-refractivity contribution is 5.29. The van der Waals surface area contributed by atoms with Crippen molar-refractivity contribution in [1.29, 1.82) is 0 Å². The second-order valence-electron chi connectivity index (χ2n) is 2.63. The minimum absolute atomic E-state index is 0.744. The van der Waals surface area contributed by atoms with Crippen LogP contribution < -0.4 is 5.73 Å². The summed E-state index contributed by atoms with van der Waals surface area (Å²) in [5.41, 5.74) is 8.48. The van der Waals surface area contributed by atoms with Crippen molar-refractivity contribution in [3.8, 4) is 0 Å². The van der Waals surface area contributed by atoms with Crippen LogP contribution in [0.15, 0.2) is 23.3 Å². The number of rotatable bonds is 2. The fourth-order valence-electron chi connectivity index (χ4n) is 1.36. The van der Waals surface area contributed by atoms with Gasteiger partial charge < -0.3 is 5.73 Å². The predicted molar refractivity (Wildman–Crippen MR) is 56.1 cm³/mol. The van der Waals surface area contributed by atoms with Crippen LogP contribution in [0.5, 0.6) is 0 Å². The van der Waals surface area contributed by atoms with E-state index in [4.69, 9.17) is 5.73 Å². The molecule has 0 radical (unpaired) electrons. The fourth-order valence-corrected chi connectivity index (χ4v) is 1.36. The summed E-state index contributed by atoms with van der Waals surface area (Å²) in [4.78, 5) is 0. The van der Waals surface area contributed by atoms with Gasteiger partial charge in [-0.15, -0.1) is 0 Å². The molecule has 1 aliphatic carbocycles. The lowest BCUT2D eigenvalue weighted by Crippen LogP contribution is -2.07. The van der Waals surface area contributed by atoms with Crippen LogP contribution in [0.25, 0.3) is 0 Å². The Labute approximate surface area is 76.3 Å². The molecule has 70 valence electrons. The van der Waals surface area contributed by atoms with E-state index >= 15 is 0 Å². The van der Waals surface area contributed by atoms with Gasteiger partial charge in [0.05, 0.1) is 0 Å². The van der Waals surface area contributed by atoms with Gasteiger partial charge in [0.25, 0.3) is 0 Å². The topological polar surface area (TPSA) is 26.0 Å². The summed E-state index contributed by atoms with van der Waals surface area (Å²) in [6.45, 7) is 6.92. The molecule has 1 nitrogen and oxygen atoms in total. The largest absolute Gasteiger partial charge is 0.327 e. The minimum Gasteiger partial charge on any atom is -0.327 e. The van der Waals surface area contributed by atoms with Crippen molar-refractivity contribution in [3.63, 3.8) is 0 Å². The van der Waals surface area contributed by atoms with Crippen LogP contribution in [0.1, 0.15) is 40.0 Å².